The summed E-state index contributed by atoms with van der Waals surface area (Å²) in [5.74, 6) is -1.31. The number of rotatable bonds is 6. The molecule has 0 bridgehead atoms. The quantitative estimate of drug-likeness (QED) is 0.576. The molecule has 8 nitrogen and oxygen atoms in total. The predicted octanol–water partition coefficient (Wildman–Crippen LogP) is 2.04. The Labute approximate surface area is 158 Å². The van der Waals surface area contributed by atoms with Crippen molar-refractivity contribution in [2.24, 2.45) is 5.92 Å². The van der Waals surface area contributed by atoms with Crippen LogP contribution < -0.4 is 0 Å². The molecule has 1 aromatic carbocycles. The van der Waals surface area contributed by atoms with E-state index in [-0.39, 0.29) is 36.7 Å². The van der Waals surface area contributed by atoms with Crippen LogP contribution in [0.3, 0.4) is 0 Å². The second kappa shape index (κ2) is 8.51. The zero-order valence-electron chi connectivity index (χ0n) is 15.3. The lowest BCUT2D eigenvalue weighted by molar-refractivity contribution is -0.146. The first kappa shape index (κ1) is 20.9. The third kappa shape index (κ3) is 5.29. The van der Waals surface area contributed by atoms with Gasteiger partial charge in [-0.25, -0.2) is 13.2 Å². The maximum Gasteiger partial charge on any atom is 0.407 e. The summed E-state index contributed by atoms with van der Waals surface area (Å²) in [6, 6.07) is 5.40. The van der Waals surface area contributed by atoms with Gasteiger partial charge in [0.15, 0.2) is 9.84 Å². The molecule has 0 radical (unpaired) electrons. The Morgan fingerprint density at radius 2 is 1.85 bits per heavy atom. The number of benzene rings is 1. The van der Waals surface area contributed by atoms with Crippen molar-refractivity contribution in [3.63, 3.8) is 0 Å². The average molecular weight is 397 g/mol. The molecule has 1 saturated heterocycles. The summed E-state index contributed by atoms with van der Waals surface area (Å²) in [6.45, 7) is 2.01. The smallest absolute Gasteiger partial charge is 0.407 e. The Bertz CT molecular complexity index is 817. The first-order valence-corrected chi connectivity index (χ1v) is 10.5. The molecule has 2 unspecified atom stereocenters. The van der Waals surface area contributed by atoms with E-state index in [1.165, 1.54) is 17.0 Å². The van der Waals surface area contributed by atoms with Crippen LogP contribution in [-0.4, -0.2) is 55.7 Å². The predicted molar refractivity (Wildman–Crippen MR) is 96.0 cm³/mol. The van der Waals surface area contributed by atoms with E-state index in [0.29, 0.717) is 12.0 Å². The fourth-order valence-electron chi connectivity index (χ4n) is 3.24. The van der Waals surface area contributed by atoms with E-state index in [1.54, 1.807) is 19.1 Å². The lowest BCUT2D eigenvalue weighted by Crippen LogP contribution is -2.42. The number of hydrogen-bond acceptors (Lipinski definition) is 6. The Balaban J connectivity index is 2.21. The van der Waals surface area contributed by atoms with Gasteiger partial charge in [0.1, 0.15) is 12.2 Å². The summed E-state index contributed by atoms with van der Waals surface area (Å²) < 4.78 is 28.0. The molecule has 0 spiro atoms. The van der Waals surface area contributed by atoms with Crippen LogP contribution in [0.5, 0.6) is 0 Å². The number of sulfone groups is 1. The third-order valence-corrected chi connectivity index (χ3v) is 5.75. The second-order valence-corrected chi connectivity index (χ2v) is 8.52. The SMILES string of the molecule is CCOC(=O)CC(=O)C1CCN(C(=O)O)C(c2ccc(S(C)(=O)=O)cc2)C1. The summed E-state index contributed by atoms with van der Waals surface area (Å²) in [5.41, 5.74) is 0.610. The molecule has 0 aliphatic carbocycles. The molecule has 1 aromatic rings. The Morgan fingerprint density at radius 1 is 1.22 bits per heavy atom. The molecule has 0 saturated carbocycles. The van der Waals surface area contributed by atoms with Crippen molar-refractivity contribution < 1.29 is 32.6 Å². The Hall–Kier alpha value is -2.42. The number of ketones is 1. The van der Waals surface area contributed by atoms with Gasteiger partial charge in [-0.2, -0.15) is 0 Å². The van der Waals surface area contributed by atoms with Crippen LogP contribution in [0.4, 0.5) is 4.79 Å². The number of amides is 1. The van der Waals surface area contributed by atoms with Crippen molar-refractivity contribution in [2.75, 3.05) is 19.4 Å². The zero-order valence-corrected chi connectivity index (χ0v) is 16.1. The van der Waals surface area contributed by atoms with Gasteiger partial charge in [-0.15, -0.1) is 0 Å². The first-order chi connectivity index (χ1) is 12.6. The molecule has 1 amide bonds. The van der Waals surface area contributed by atoms with Crippen LogP contribution in [0, 0.1) is 5.92 Å². The van der Waals surface area contributed by atoms with Crippen molar-refractivity contribution in [3.05, 3.63) is 29.8 Å². The minimum atomic E-state index is -3.36. The molecular formula is C18H23NO7S. The number of hydrogen-bond donors (Lipinski definition) is 1. The highest BCUT2D eigenvalue weighted by Crippen LogP contribution is 2.35. The molecule has 1 N–H and O–H groups in total. The van der Waals surface area contributed by atoms with E-state index in [1.807, 2.05) is 0 Å². The highest BCUT2D eigenvalue weighted by atomic mass is 32.2. The number of carbonyl (C=O) groups is 3. The van der Waals surface area contributed by atoms with Gasteiger partial charge in [0.2, 0.25) is 0 Å². The summed E-state index contributed by atoms with van der Waals surface area (Å²) in [7, 11) is -3.36. The second-order valence-electron chi connectivity index (χ2n) is 6.50. The summed E-state index contributed by atoms with van der Waals surface area (Å²) in [4.78, 5) is 36.9. The van der Waals surface area contributed by atoms with Crippen molar-refractivity contribution in [1.29, 1.82) is 0 Å². The van der Waals surface area contributed by atoms with Crippen molar-refractivity contribution in [1.82, 2.24) is 4.90 Å². The molecule has 1 aliphatic rings. The molecule has 148 valence electrons. The Kier molecular flexibility index (Phi) is 6.59. The number of carbonyl (C=O) groups excluding carboxylic acids is 2. The zero-order chi connectivity index (χ0) is 20.2. The van der Waals surface area contributed by atoms with Crippen molar-refractivity contribution in [2.45, 2.75) is 37.1 Å². The van der Waals surface area contributed by atoms with Gasteiger partial charge in [0.25, 0.3) is 0 Å². The van der Waals surface area contributed by atoms with E-state index in [0.717, 1.165) is 6.26 Å². The minimum Gasteiger partial charge on any atom is -0.466 e. The lowest BCUT2D eigenvalue weighted by atomic mass is 9.84. The normalized spacial score (nSPS) is 20.1. The molecular weight excluding hydrogens is 374 g/mol. The van der Waals surface area contributed by atoms with Crippen LogP contribution in [0.1, 0.15) is 37.8 Å². The number of Topliss-reactive ketones (excluding diaryl/α,β-unsaturated/α-hetero) is 1. The van der Waals surface area contributed by atoms with Crippen LogP contribution >= 0.6 is 0 Å². The number of likely N-dealkylation sites (tertiary alicyclic amines) is 1. The van der Waals surface area contributed by atoms with Gasteiger partial charge < -0.3 is 14.7 Å². The van der Waals surface area contributed by atoms with E-state index >= 15 is 0 Å². The van der Waals surface area contributed by atoms with E-state index in [9.17, 15) is 27.9 Å². The average Bonchev–Trinajstić information content (AvgIpc) is 2.60. The van der Waals surface area contributed by atoms with Gasteiger partial charge in [-0.05, 0) is 37.5 Å². The number of nitrogens with zero attached hydrogens (tertiary/aromatic N) is 1. The summed E-state index contributed by atoms with van der Waals surface area (Å²) in [6.07, 6.45) is 0.232. The fraction of sp³-hybridized carbons (Fsp3) is 0.500. The van der Waals surface area contributed by atoms with Gasteiger partial charge in [-0.3, -0.25) is 9.59 Å². The highest BCUT2D eigenvalue weighted by Gasteiger charge is 2.36. The first-order valence-electron chi connectivity index (χ1n) is 8.61. The van der Waals surface area contributed by atoms with E-state index in [2.05, 4.69) is 0 Å². The maximum absolute atomic E-state index is 12.4. The topological polar surface area (TPSA) is 118 Å². The van der Waals surface area contributed by atoms with Crippen LogP contribution in [0.15, 0.2) is 29.2 Å². The highest BCUT2D eigenvalue weighted by molar-refractivity contribution is 7.90. The Morgan fingerprint density at radius 3 is 2.37 bits per heavy atom. The van der Waals surface area contributed by atoms with E-state index < -0.39 is 33.9 Å². The van der Waals surface area contributed by atoms with Crippen LogP contribution in [-0.2, 0) is 24.2 Å². The molecule has 2 atom stereocenters. The van der Waals surface area contributed by atoms with E-state index in [4.69, 9.17) is 4.74 Å². The number of piperidine rings is 1. The van der Waals surface area contributed by atoms with Crippen LogP contribution in [0.25, 0.3) is 0 Å². The largest absolute Gasteiger partial charge is 0.466 e. The molecule has 1 aliphatic heterocycles. The fourth-order valence-corrected chi connectivity index (χ4v) is 3.87. The molecule has 27 heavy (non-hydrogen) atoms. The number of carboxylic acid groups (broad SMARTS) is 1. The van der Waals surface area contributed by atoms with Gasteiger partial charge >= 0.3 is 12.1 Å². The van der Waals surface area contributed by atoms with Gasteiger partial charge in [0.05, 0.1) is 17.5 Å². The maximum atomic E-state index is 12.4. The third-order valence-electron chi connectivity index (χ3n) is 4.62. The summed E-state index contributed by atoms with van der Waals surface area (Å²) >= 11 is 0. The monoisotopic (exact) mass is 397 g/mol. The standard InChI is InChI=1S/C18H23NO7S/c1-3-26-17(21)11-16(20)13-8-9-19(18(22)23)15(10-13)12-4-6-14(7-5-12)27(2,24)25/h4-7,13,15H,3,8-11H2,1-2H3,(H,22,23). The number of esters is 1. The van der Waals surface area contributed by atoms with Gasteiger partial charge in [0, 0.05) is 18.7 Å². The minimum absolute atomic E-state index is 0.138. The van der Waals surface area contributed by atoms with Gasteiger partial charge in [-0.1, -0.05) is 12.1 Å². The number of ether oxygens (including phenoxy) is 1. The molecule has 2 rings (SSSR count). The molecule has 1 fully saturated rings. The van der Waals surface area contributed by atoms with Crippen LogP contribution in [0.2, 0.25) is 0 Å². The molecule has 9 heteroatoms. The summed E-state index contributed by atoms with van der Waals surface area (Å²) in [5, 5.41) is 9.47. The van der Waals surface area contributed by atoms with Crippen molar-refractivity contribution >= 4 is 27.7 Å². The molecule has 0 aromatic heterocycles. The lowest BCUT2D eigenvalue weighted by Gasteiger charge is -2.37. The van der Waals surface area contributed by atoms with Crippen molar-refractivity contribution in [3.8, 4) is 0 Å². The molecule has 1 heterocycles.